The molecule has 0 radical (unpaired) electrons. The number of aromatic carboxylic acids is 1. The predicted octanol–water partition coefficient (Wildman–Crippen LogP) is 2.68. The zero-order valence-electron chi connectivity index (χ0n) is 10.9. The SMILES string of the molecule is COc1cc(CO)ccc1Oc1ccccc1C(=O)O. The fourth-order valence-electron chi connectivity index (χ4n) is 1.75. The van der Waals surface area contributed by atoms with Gasteiger partial charge in [-0.1, -0.05) is 18.2 Å². The number of methoxy groups -OCH3 is 1. The van der Waals surface area contributed by atoms with Crippen LogP contribution in [-0.4, -0.2) is 23.3 Å². The molecular weight excluding hydrogens is 260 g/mol. The first-order valence-electron chi connectivity index (χ1n) is 5.93. The van der Waals surface area contributed by atoms with Gasteiger partial charge in [-0.15, -0.1) is 0 Å². The molecule has 2 rings (SSSR count). The highest BCUT2D eigenvalue weighted by atomic mass is 16.5. The molecular formula is C15H14O5. The molecule has 0 unspecified atom stereocenters. The van der Waals surface area contributed by atoms with Crippen molar-refractivity contribution in [3.8, 4) is 17.2 Å². The summed E-state index contributed by atoms with van der Waals surface area (Å²) in [4.78, 5) is 11.1. The molecule has 2 N–H and O–H groups in total. The zero-order chi connectivity index (χ0) is 14.5. The van der Waals surface area contributed by atoms with Gasteiger partial charge in [0.05, 0.1) is 13.7 Å². The van der Waals surface area contributed by atoms with Crippen LogP contribution in [0, 0.1) is 0 Å². The molecule has 0 saturated carbocycles. The van der Waals surface area contributed by atoms with E-state index in [1.165, 1.54) is 13.2 Å². The number of carboxylic acid groups (broad SMARTS) is 1. The van der Waals surface area contributed by atoms with Gasteiger partial charge in [-0.2, -0.15) is 0 Å². The van der Waals surface area contributed by atoms with E-state index >= 15 is 0 Å². The Hall–Kier alpha value is -2.53. The molecule has 2 aromatic rings. The van der Waals surface area contributed by atoms with E-state index in [0.29, 0.717) is 17.1 Å². The Morgan fingerprint density at radius 1 is 1.10 bits per heavy atom. The Morgan fingerprint density at radius 3 is 2.50 bits per heavy atom. The normalized spacial score (nSPS) is 10.1. The lowest BCUT2D eigenvalue weighted by Crippen LogP contribution is -2.00. The standard InChI is InChI=1S/C15H14O5/c1-19-14-8-10(9-16)6-7-13(14)20-12-5-3-2-4-11(12)15(17)18/h2-8,16H,9H2,1H3,(H,17,18). The van der Waals surface area contributed by atoms with Gasteiger partial charge in [0.2, 0.25) is 0 Å². The number of carboxylic acids is 1. The third-order valence-corrected chi connectivity index (χ3v) is 2.75. The van der Waals surface area contributed by atoms with E-state index in [-0.39, 0.29) is 17.9 Å². The highest BCUT2D eigenvalue weighted by Gasteiger charge is 2.13. The molecule has 0 spiro atoms. The van der Waals surface area contributed by atoms with Gasteiger partial charge in [-0.05, 0) is 29.8 Å². The summed E-state index contributed by atoms with van der Waals surface area (Å²) in [6.07, 6.45) is 0. The lowest BCUT2D eigenvalue weighted by atomic mass is 10.2. The molecule has 0 aliphatic carbocycles. The number of benzene rings is 2. The smallest absolute Gasteiger partial charge is 0.339 e. The third kappa shape index (κ3) is 2.89. The first-order valence-corrected chi connectivity index (χ1v) is 5.93. The fourth-order valence-corrected chi connectivity index (χ4v) is 1.75. The van der Waals surface area contributed by atoms with Crippen LogP contribution in [-0.2, 0) is 6.61 Å². The van der Waals surface area contributed by atoms with Gasteiger partial charge >= 0.3 is 5.97 Å². The van der Waals surface area contributed by atoms with E-state index in [9.17, 15) is 4.79 Å². The van der Waals surface area contributed by atoms with Crippen LogP contribution in [0.5, 0.6) is 17.2 Å². The quantitative estimate of drug-likeness (QED) is 0.876. The summed E-state index contributed by atoms with van der Waals surface area (Å²) in [6.45, 7) is -0.109. The molecule has 0 aliphatic rings. The van der Waals surface area contributed by atoms with E-state index < -0.39 is 5.97 Å². The lowest BCUT2D eigenvalue weighted by Gasteiger charge is -2.12. The van der Waals surface area contributed by atoms with Gasteiger partial charge in [0.15, 0.2) is 11.5 Å². The van der Waals surface area contributed by atoms with Gasteiger partial charge in [-0.25, -0.2) is 4.79 Å². The summed E-state index contributed by atoms with van der Waals surface area (Å²) >= 11 is 0. The average molecular weight is 274 g/mol. The number of aliphatic hydroxyl groups excluding tert-OH is 1. The van der Waals surface area contributed by atoms with Crippen LogP contribution in [0.3, 0.4) is 0 Å². The maximum Gasteiger partial charge on any atom is 0.339 e. The number of ether oxygens (including phenoxy) is 2. The van der Waals surface area contributed by atoms with Crippen molar-refractivity contribution in [2.45, 2.75) is 6.61 Å². The van der Waals surface area contributed by atoms with Crippen molar-refractivity contribution < 1.29 is 24.5 Å². The van der Waals surface area contributed by atoms with Crippen molar-refractivity contribution in [3.63, 3.8) is 0 Å². The van der Waals surface area contributed by atoms with E-state index in [4.69, 9.17) is 19.7 Å². The summed E-state index contributed by atoms with van der Waals surface area (Å²) in [5.41, 5.74) is 0.751. The summed E-state index contributed by atoms with van der Waals surface area (Å²) in [7, 11) is 1.48. The summed E-state index contributed by atoms with van der Waals surface area (Å²) in [5.74, 6) is -0.0169. The second kappa shape index (κ2) is 6.08. The first-order chi connectivity index (χ1) is 9.65. The van der Waals surface area contributed by atoms with Crippen LogP contribution in [0.4, 0.5) is 0 Å². The highest BCUT2D eigenvalue weighted by molar-refractivity contribution is 5.90. The Bertz CT molecular complexity index is 621. The molecule has 104 valence electrons. The second-order valence-corrected chi connectivity index (χ2v) is 4.05. The molecule has 0 aliphatic heterocycles. The minimum atomic E-state index is -1.06. The third-order valence-electron chi connectivity index (χ3n) is 2.75. The molecule has 5 heteroatoms. The molecule has 20 heavy (non-hydrogen) atoms. The lowest BCUT2D eigenvalue weighted by molar-refractivity contribution is 0.0694. The molecule has 0 saturated heterocycles. The van der Waals surface area contributed by atoms with E-state index in [2.05, 4.69) is 0 Å². The molecule has 2 aromatic carbocycles. The second-order valence-electron chi connectivity index (χ2n) is 4.05. The Kier molecular flexibility index (Phi) is 4.22. The van der Waals surface area contributed by atoms with Crippen molar-refractivity contribution in [2.75, 3.05) is 7.11 Å². The van der Waals surface area contributed by atoms with E-state index in [1.807, 2.05) is 0 Å². The van der Waals surface area contributed by atoms with Crippen molar-refractivity contribution in [2.24, 2.45) is 0 Å². The van der Waals surface area contributed by atoms with Gasteiger partial charge < -0.3 is 19.7 Å². The minimum absolute atomic E-state index is 0.0702. The minimum Gasteiger partial charge on any atom is -0.493 e. The fraction of sp³-hybridized carbons (Fsp3) is 0.133. The predicted molar refractivity (Wildman–Crippen MR) is 72.4 cm³/mol. The average Bonchev–Trinajstić information content (AvgIpc) is 2.48. The summed E-state index contributed by atoms with van der Waals surface area (Å²) in [6, 6.07) is 11.3. The molecule has 0 amide bonds. The highest BCUT2D eigenvalue weighted by Crippen LogP contribution is 2.33. The van der Waals surface area contributed by atoms with Crippen LogP contribution in [0.1, 0.15) is 15.9 Å². The van der Waals surface area contributed by atoms with Gasteiger partial charge in [0.1, 0.15) is 11.3 Å². The molecule has 0 heterocycles. The number of aliphatic hydroxyl groups is 1. The maximum atomic E-state index is 11.1. The van der Waals surface area contributed by atoms with E-state index in [1.54, 1.807) is 36.4 Å². The number of hydrogen-bond acceptors (Lipinski definition) is 4. The van der Waals surface area contributed by atoms with Crippen LogP contribution < -0.4 is 9.47 Å². The molecule has 5 nitrogen and oxygen atoms in total. The van der Waals surface area contributed by atoms with Crippen molar-refractivity contribution >= 4 is 5.97 Å². The number of hydrogen-bond donors (Lipinski definition) is 2. The topological polar surface area (TPSA) is 76.0 Å². The van der Waals surface area contributed by atoms with Crippen molar-refractivity contribution in [1.29, 1.82) is 0 Å². The zero-order valence-corrected chi connectivity index (χ0v) is 10.9. The maximum absolute atomic E-state index is 11.1. The monoisotopic (exact) mass is 274 g/mol. The summed E-state index contributed by atoms with van der Waals surface area (Å²) < 4.78 is 10.8. The Balaban J connectivity index is 2.37. The van der Waals surface area contributed by atoms with Gasteiger partial charge in [0.25, 0.3) is 0 Å². The van der Waals surface area contributed by atoms with Crippen LogP contribution in [0.15, 0.2) is 42.5 Å². The van der Waals surface area contributed by atoms with Gasteiger partial charge in [-0.3, -0.25) is 0 Å². The Labute approximate surface area is 116 Å². The van der Waals surface area contributed by atoms with Crippen LogP contribution >= 0.6 is 0 Å². The first kappa shape index (κ1) is 13.9. The summed E-state index contributed by atoms with van der Waals surface area (Å²) in [5, 5.41) is 18.2. The molecule has 0 aromatic heterocycles. The van der Waals surface area contributed by atoms with Crippen LogP contribution in [0.2, 0.25) is 0 Å². The molecule has 0 atom stereocenters. The molecule has 0 bridgehead atoms. The van der Waals surface area contributed by atoms with Gasteiger partial charge in [0, 0.05) is 0 Å². The number of para-hydroxylation sites is 1. The largest absolute Gasteiger partial charge is 0.493 e. The van der Waals surface area contributed by atoms with E-state index in [0.717, 1.165) is 0 Å². The number of rotatable bonds is 5. The number of carbonyl (C=O) groups is 1. The van der Waals surface area contributed by atoms with Crippen molar-refractivity contribution in [1.82, 2.24) is 0 Å². The van der Waals surface area contributed by atoms with Crippen molar-refractivity contribution in [3.05, 3.63) is 53.6 Å². The molecule has 0 fully saturated rings. The van der Waals surface area contributed by atoms with Crippen LogP contribution in [0.25, 0.3) is 0 Å². The Morgan fingerprint density at radius 2 is 1.85 bits per heavy atom.